The van der Waals surface area contributed by atoms with Crippen LogP contribution in [0.2, 0.25) is 0 Å². The number of halogens is 1. The van der Waals surface area contributed by atoms with Crippen LogP contribution in [0.3, 0.4) is 0 Å². The van der Waals surface area contributed by atoms with Crippen LogP contribution < -0.4 is 10.1 Å². The Morgan fingerprint density at radius 1 is 1.37 bits per heavy atom. The Hall–Kier alpha value is -1.39. The quantitative estimate of drug-likeness (QED) is 0.899. The molecule has 19 heavy (non-hydrogen) atoms. The van der Waals surface area contributed by atoms with Crippen LogP contribution in [-0.2, 0) is 6.42 Å². The van der Waals surface area contributed by atoms with E-state index in [1.807, 2.05) is 7.05 Å². The molecule has 0 amide bonds. The zero-order valence-electron chi connectivity index (χ0n) is 11.4. The average Bonchev–Trinajstić information content (AvgIpc) is 2.88. The Bertz CT molecular complexity index is 553. The summed E-state index contributed by atoms with van der Waals surface area (Å²) in [6.45, 7) is 2.13. The Labute approximate surface area is 117 Å². The number of benzene rings is 1. The average molecular weight is 279 g/mol. The molecule has 0 aliphatic carbocycles. The van der Waals surface area contributed by atoms with Gasteiger partial charge >= 0.3 is 0 Å². The number of nitrogens with one attached hydrogen (secondary N) is 1. The van der Waals surface area contributed by atoms with Gasteiger partial charge in [-0.25, -0.2) is 4.39 Å². The fourth-order valence-electron chi connectivity index (χ4n) is 2.25. The highest BCUT2D eigenvalue weighted by Crippen LogP contribution is 2.35. The van der Waals surface area contributed by atoms with Crippen molar-refractivity contribution in [3.63, 3.8) is 0 Å². The van der Waals surface area contributed by atoms with Gasteiger partial charge in [-0.05, 0) is 48.7 Å². The normalized spacial score (nSPS) is 12.4. The van der Waals surface area contributed by atoms with Crippen LogP contribution in [0.1, 0.15) is 29.0 Å². The second kappa shape index (κ2) is 6.17. The van der Waals surface area contributed by atoms with Crippen LogP contribution in [0.15, 0.2) is 29.6 Å². The summed E-state index contributed by atoms with van der Waals surface area (Å²) in [6.07, 6.45) is 0.967. The van der Waals surface area contributed by atoms with E-state index in [4.69, 9.17) is 4.74 Å². The second-order valence-electron chi connectivity index (χ2n) is 4.27. The van der Waals surface area contributed by atoms with Crippen molar-refractivity contribution in [1.82, 2.24) is 5.32 Å². The molecule has 2 nitrogen and oxygen atoms in total. The lowest BCUT2D eigenvalue weighted by molar-refractivity contribution is 0.404. The number of rotatable bonds is 5. The predicted octanol–water partition coefficient (Wildman–Crippen LogP) is 3.77. The third kappa shape index (κ3) is 2.80. The number of ether oxygens (including phenoxy) is 1. The van der Waals surface area contributed by atoms with E-state index >= 15 is 0 Å². The first-order valence-electron chi connectivity index (χ1n) is 6.28. The van der Waals surface area contributed by atoms with Crippen molar-refractivity contribution in [3.05, 3.63) is 51.5 Å². The number of methoxy groups -OCH3 is 1. The van der Waals surface area contributed by atoms with E-state index in [-0.39, 0.29) is 11.9 Å². The summed E-state index contributed by atoms with van der Waals surface area (Å²) in [5, 5.41) is 5.33. The first-order chi connectivity index (χ1) is 9.21. The second-order valence-corrected chi connectivity index (χ2v) is 5.22. The van der Waals surface area contributed by atoms with Gasteiger partial charge in [0.1, 0.15) is 11.6 Å². The van der Waals surface area contributed by atoms with Gasteiger partial charge in [-0.2, -0.15) is 0 Å². The maximum atomic E-state index is 13.5. The van der Waals surface area contributed by atoms with Crippen LogP contribution in [0.5, 0.6) is 5.75 Å². The van der Waals surface area contributed by atoms with E-state index in [1.165, 1.54) is 16.5 Å². The molecule has 1 N–H and O–H groups in total. The lowest BCUT2D eigenvalue weighted by Gasteiger charge is -2.19. The van der Waals surface area contributed by atoms with E-state index in [2.05, 4.69) is 23.7 Å². The van der Waals surface area contributed by atoms with Crippen LogP contribution in [-0.4, -0.2) is 14.2 Å². The predicted molar refractivity (Wildman–Crippen MR) is 77.6 cm³/mol. The van der Waals surface area contributed by atoms with Crippen molar-refractivity contribution in [3.8, 4) is 5.75 Å². The molecular weight excluding hydrogens is 261 g/mol. The summed E-state index contributed by atoms with van der Waals surface area (Å²) in [4.78, 5) is 1.22. The molecule has 1 aromatic heterocycles. The van der Waals surface area contributed by atoms with Crippen LogP contribution >= 0.6 is 11.3 Å². The molecule has 1 aromatic carbocycles. The molecule has 0 aliphatic rings. The van der Waals surface area contributed by atoms with Gasteiger partial charge in [0.15, 0.2) is 0 Å². The number of hydrogen-bond donors (Lipinski definition) is 1. The van der Waals surface area contributed by atoms with Crippen LogP contribution in [0.4, 0.5) is 4.39 Å². The van der Waals surface area contributed by atoms with Crippen molar-refractivity contribution in [2.45, 2.75) is 19.4 Å². The van der Waals surface area contributed by atoms with Gasteiger partial charge in [-0.3, -0.25) is 0 Å². The molecule has 2 rings (SSSR count). The Morgan fingerprint density at radius 3 is 2.79 bits per heavy atom. The molecule has 0 bridgehead atoms. The topological polar surface area (TPSA) is 21.3 Å². The lowest BCUT2D eigenvalue weighted by Crippen LogP contribution is -2.18. The highest BCUT2D eigenvalue weighted by Gasteiger charge is 2.20. The smallest absolute Gasteiger partial charge is 0.124 e. The summed E-state index contributed by atoms with van der Waals surface area (Å²) in [5.74, 6) is 0.460. The molecule has 0 saturated heterocycles. The SMILES string of the molecule is CCc1ccsc1C(NC)c1cc(F)ccc1OC. The van der Waals surface area contributed by atoms with Crippen molar-refractivity contribution < 1.29 is 9.13 Å². The fourth-order valence-corrected chi connectivity index (χ4v) is 3.38. The van der Waals surface area contributed by atoms with Crippen molar-refractivity contribution in [1.29, 1.82) is 0 Å². The van der Waals surface area contributed by atoms with E-state index < -0.39 is 0 Å². The zero-order valence-corrected chi connectivity index (χ0v) is 12.2. The van der Waals surface area contributed by atoms with E-state index in [0.29, 0.717) is 5.75 Å². The summed E-state index contributed by atoms with van der Waals surface area (Å²) >= 11 is 1.69. The minimum absolute atomic E-state index is 0.0411. The van der Waals surface area contributed by atoms with Crippen LogP contribution in [0.25, 0.3) is 0 Å². The molecule has 102 valence electrons. The Balaban J connectivity index is 2.50. The molecule has 0 fully saturated rings. The zero-order chi connectivity index (χ0) is 13.8. The third-order valence-electron chi connectivity index (χ3n) is 3.22. The van der Waals surface area contributed by atoms with E-state index in [0.717, 1.165) is 12.0 Å². The molecule has 2 aromatic rings. The fraction of sp³-hybridized carbons (Fsp3) is 0.333. The third-order valence-corrected chi connectivity index (χ3v) is 4.24. The van der Waals surface area contributed by atoms with E-state index in [1.54, 1.807) is 30.6 Å². The van der Waals surface area contributed by atoms with Gasteiger partial charge in [0.2, 0.25) is 0 Å². The largest absolute Gasteiger partial charge is 0.496 e. The van der Waals surface area contributed by atoms with Crippen molar-refractivity contribution in [2.24, 2.45) is 0 Å². The molecular formula is C15H18FNOS. The molecule has 0 saturated carbocycles. The first-order valence-corrected chi connectivity index (χ1v) is 7.16. The molecule has 0 radical (unpaired) electrons. The van der Waals surface area contributed by atoms with Crippen molar-refractivity contribution in [2.75, 3.05) is 14.2 Å². The van der Waals surface area contributed by atoms with Crippen molar-refractivity contribution >= 4 is 11.3 Å². The summed E-state index contributed by atoms with van der Waals surface area (Å²) < 4.78 is 18.9. The maximum absolute atomic E-state index is 13.5. The van der Waals surface area contributed by atoms with Gasteiger partial charge in [-0.15, -0.1) is 11.3 Å². The molecule has 0 aliphatic heterocycles. The van der Waals surface area contributed by atoms with Gasteiger partial charge in [0.05, 0.1) is 13.2 Å². The molecule has 0 spiro atoms. The van der Waals surface area contributed by atoms with Gasteiger partial charge in [0.25, 0.3) is 0 Å². The Kier molecular flexibility index (Phi) is 4.56. The molecule has 1 heterocycles. The maximum Gasteiger partial charge on any atom is 0.124 e. The summed E-state index contributed by atoms with van der Waals surface area (Å²) in [6, 6.07) is 6.72. The lowest BCUT2D eigenvalue weighted by atomic mass is 10.0. The monoisotopic (exact) mass is 279 g/mol. The van der Waals surface area contributed by atoms with Crippen LogP contribution in [0, 0.1) is 5.82 Å². The summed E-state index contributed by atoms with van der Waals surface area (Å²) in [7, 11) is 3.49. The molecule has 4 heteroatoms. The minimum atomic E-state index is -0.245. The number of aryl methyl sites for hydroxylation is 1. The highest BCUT2D eigenvalue weighted by atomic mass is 32.1. The first kappa shape index (κ1) is 14.0. The standard InChI is InChI=1S/C15H18FNOS/c1-4-10-7-8-19-15(10)14(17-2)12-9-11(16)5-6-13(12)18-3/h5-9,14,17H,4H2,1-3H3. The number of hydrogen-bond acceptors (Lipinski definition) is 3. The minimum Gasteiger partial charge on any atom is -0.496 e. The molecule has 1 unspecified atom stereocenters. The number of thiophene rings is 1. The Morgan fingerprint density at radius 2 is 2.16 bits per heavy atom. The highest BCUT2D eigenvalue weighted by molar-refractivity contribution is 7.10. The van der Waals surface area contributed by atoms with E-state index in [9.17, 15) is 4.39 Å². The molecule has 1 atom stereocenters. The summed E-state index contributed by atoms with van der Waals surface area (Å²) in [5.41, 5.74) is 2.12. The van der Waals surface area contributed by atoms with Gasteiger partial charge in [-0.1, -0.05) is 6.92 Å². The van der Waals surface area contributed by atoms with Gasteiger partial charge < -0.3 is 10.1 Å². The van der Waals surface area contributed by atoms with Gasteiger partial charge in [0, 0.05) is 10.4 Å².